The predicted molar refractivity (Wildman–Crippen MR) is 134 cm³/mol. The van der Waals surface area contributed by atoms with E-state index in [2.05, 4.69) is 39.8 Å². The van der Waals surface area contributed by atoms with Crippen LogP contribution in [0.3, 0.4) is 0 Å². The smallest absolute Gasteiger partial charge is 0.255 e. The summed E-state index contributed by atoms with van der Waals surface area (Å²) >= 11 is 9.22. The summed E-state index contributed by atoms with van der Waals surface area (Å²) in [5, 5.41) is 12.2. The lowest BCUT2D eigenvalue weighted by Gasteiger charge is -2.31. The van der Waals surface area contributed by atoms with Crippen molar-refractivity contribution in [3.05, 3.63) is 70.7 Å². The topological polar surface area (TPSA) is 75.2 Å². The Morgan fingerprint density at radius 3 is 2.55 bits per heavy atom. The van der Waals surface area contributed by atoms with E-state index >= 15 is 0 Å². The molecule has 0 atom stereocenters. The lowest BCUT2D eigenvalue weighted by molar-refractivity contribution is -0.121. The molecule has 4 rings (SSSR count). The number of aromatic nitrogens is 2. The van der Waals surface area contributed by atoms with Crippen LogP contribution in [0.2, 0.25) is 5.02 Å². The molecule has 172 valence electrons. The van der Waals surface area contributed by atoms with Gasteiger partial charge in [0, 0.05) is 24.8 Å². The molecule has 0 spiro atoms. The van der Waals surface area contributed by atoms with Crippen LogP contribution in [-0.4, -0.2) is 45.8 Å². The first-order valence-electron chi connectivity index (χ1n) is 10.9. The van der Waals surface area contributed by atoms with Crippen LogP contribution in [0, 0.1) is 5.92 Å². The van der Waals surface area contributed by atoms with E-state index in [1.807, 2.05) is 6.07 Å². The molecule has 6 nitrogen and oxygen atoms in total. The number of piperidine rings is 1. The molecule has 0 bridgehead atoms. The number of nitrogens with zero attached hydrogens (tertiary/aromatic N) is 3. The third-order valence-electron chi connectivity index (χ3n) is 5.57. The van der Waals surface area contributed by atoms with Gasteiger partial charge in [0.1, 0.15) is 0 Å². The van der Waals surface area contributed by atoms with Gasteiger partial charge in [0.05, 0.1) is 10.6 Å². The Balaban J connectivity index is 1.20. The van der Waals surface area contributed by atoms with Crippen molar-refractivity contribution in [3.63, 3.8) is 0 Å². The standard InChI is InChI=1S/C24H25ClN4O2S2/c25-20-11-5-4-10-19(20)22(31)29-14-12-18(13-15-29)21(30)26-23-27-28-24(33-23)32-16-6-9-17-7-2-1-3-8-17/h1-5,7-8,10-11,18H,6,9,12-16H2,(H,26,27,30). The van der Waals surface area contributed by atoms with E-state index in [9.17, 15) is 9.59 Å². The monoisotopic (exact) mass is 500 g/mol. The number of carbonyl (C=O) groups is 2. The maximum Gasteiger partial charge on any atom is 0.255 e. The van der Waals surface area contributed by atoms with Gasteiger partial charge in [-0.1, -0.05) is 77.2 Å². The molecule has 2 amide bonds. The van der Waals surface area contributed by atoms with Gasteiger partial charge in [0.2, 0.25) is 11.0 Å². The number of likely N-dealkylation sites (tertiary alicyclic amines) is 1. The average Bonchev–Trinajstić information content (AvgIpc) is 3.29. The Kier molecular flexibility index (Phi) is 8.36. The highest BCUT2D eigenvalue weighted by Gasteiger charge is 2.29. The highest BCUT2D eigenvalue weighted by Crippen LogP contribution is 2.28. The molecule has 1 saturated heterocycles. The first-order chi connectivity index (χ1) is 16.1. The fourth-order valence-electron chi connectivity index (χ4n) is 3.76. The number of aryl methyl sites for hydroxylation is 1. The fraction of sp³-hybridized carbons (Fsp3) is 0.333. The van der Waals surface area contributed by atoms with E-state index in [1.54, 1.807) is 40.9 Å². The number of halogens is 1. The molecule has 1 aromatic heterocycles. The zero-order chi connectivity index (χ0) is 23.0. The molecule has 3 aromatic rings. The van der Waals surface area contributed by atoms with Crippen LogP contribution in [0.4, 0.5) is 5.13 Å². The second-order valence-electron chi connectivity index (χ2n) is 7.85. The summed E-state index contributed by atoms with van der Waals surface area (Å²) in [5.74, 6) is 0.662. The number of hydrogen-bond donors (Lipinski definition) is 1. The summed E-state index contributed by atoms with van der Waals surface area (Å²) in [6.45, 7) is 1.06. The van der Waals surface area contributed by atoms with E-state index in [1.165, 1.54) is 16.9 Å². The van der Waals surface area contributed by atoms with Crippen molar-refractivity contribution in [1.29, 1.82) is 0 Å². The number of anilines is 1. The van der Waals surface area contributed by atoms with E-state index in [0.29, 0.717) is 41.6 Å². The van der Waals surface area contributed by atoms with Gasteiger partial charge >= 0.3 is 0 Å². The molecule has 1 aliphatic heterocycles. The van der Waals surface area contributed by atoms with E-state index < -0.39 is 0 Å². The van der Waals surface area contributed by atoms with Gasteiger partial charge in [-0.25, -0.2) is 0 Å². The molecule has 1 fully saturated rings. The van der Waals surface area contributed by atoms with E-state index in [0.717, 1.165) is 22.9 Å². The number of benzene rings is 2. The number of carbonyl (C=O) groups excluding carboxylic acids is 2. The van der Waals surface area contributed by atoms with Gasteiger partial charge in [-0.15, -0.1) is 10.2 Å². The third kappa shape index (κ3) is 6.56. The summed E-state index contributed by atoms with van der Waals surface area (Å²) in [7, 11) is 0. The normalized spacial score (nSPS) is 14.3. The number of rotatable bonds is 8. The number of hydrogen-bond acceptors (Lipinski definition) is 6. The minimum Gasteiger partial charge on any atom is -0.339 e. The summed E-state index contributed by atoms with van der Waals surface area (Å²) in [4.78, 5) is 27.2. The SMILES string of the molecule is O=C(Nc1nnc(SCCCc2ccccc2)s1)C1CCN(C(=O)c2ccccc2Cl)CC1. The molecule has 0 aliphatic carbocycles. The van der Waals surface area contributed by atoms with Crippen molar-refractivity contribution in [2.24, 2.45) is 5.92 Å². The molecule has 0 radical (unpaired) electrons. The minimum absolute atomic E-state index is 0.0587. The first-order valence-corrected chi connectivity index (χ1v) is 13.1. The Morgan fingerprint density at radius 1 is 1.06 bits per heavy atom. The van der Waals surface area contributed by atoms with E-state index in [-0.39, 0.29) is 17.7 Å². The maximum atomic E-state index is 12.7. The van der Waals surface area contributed by atoms with Crippen molar-refractivity contribution in [3.8, 4) is 0 Å². The van der Waals surface area contributed by atoms with Gasteiger partial charge in [0.15, 0.2) is 4.34 Å². The lowest BCUT2D eigenvalue weighted by atomic mass is 9.95. The Hall–Kier alpha value is -2.42. The quantitative estimate of drug-likeness (QED) is 0.254. The zero-order valence-corrected chi connectivity index (χ0v) is 20.5. The van der Waals surface area contributed by atoms with Gasteiger partial charge < -0.3 is 10.2 Å². The number of nitrogens with one attached hydrogen (secondary N) is 1. The average molecular weight is 501 g/mol. The molecule has 2 heterocycles. The van der Waals surface area contributed by atoms with Crippen LogP contribution < -0.4 is 5.32 Å². The summed E-state index contributed by atoms with van der Waals surface area (Å²) in [6.07, 6.45) is 3.32. The lowest BCUT2D eigenvalue weighted by Crippen LogP contribution is -2.41. The molecule has 1 aliphatic rings. The summed E-state index contributed by atoms with van der Waals surface area (Å²) < 4.78 is 0.860. The van der Waals surface area contributed by atoms with Gasteiger partial charge in [-0.2, -0.15) is 0 Å². The van der Waals surface area contributed by atoms with Crippen molar-refractivity contribution < 1.29 is 9.59 Å². The Labute approximate surface area is 206 Å². The van der Waals surface area contributed by atoms with Gasteiger partial charge in [-0.05, 0) is 43.4 Å². The summed E-state index contributed by atoms with van der Waals surface area (Å²) in [6, 6.07) is 17.5. The van der Waals surface area contributed by atoms with Crippen molar-refractivity contribution in [2.45, 2.75) is 30.0 Å². The van der Waals surface area contributed by atoms with Crippen LogP contribution in [0.25, 0.3) is 0 Å². The van der Waals surface area contributed by atoms with Gasteiger partial charge in [0.25, 0.3) is 5.91 Å². The largest absolute Gasteiger partial charge is 0.339 e. The highest BCUT2D eigenvalue weighted by molar-refractivity contribution is 8.01. The number of thioether (sulfide) groups is 1. The predicted octanol–water partition coefficient (Wildman–Crippen LogP) is 5.41. The first kappa shape index (κ1) is 23.7. The molecule has 2 aromatic carbocycles. The highest BCUT2D eigenvalue weighted by atomic mass is 35.5. The molecule has 0 saturated carbocycles. The van der Waals surface area contributed by atoms with Crippen LogP contribution in [0.5, 0.6) is 0 Å². The van der Waals surface area contributed by atoms with Gasteiger partial charge in [-0.3, -0.25) is 9.59 Å². The van der Waals surface area contributed by atoms with E-state index in [4.69, 9.17) is 11.6 Å². The maximum absolute atomic E-state index is 12.7. The van der Waals surface area contributed by atoms with Crippen LogP contribution in [0.15, 0.2) is 58.9 Å². The fourth-order valence-corrected chi connectivity index (χ4v) is 5.74. The second kappa shape index (κ2) is 11.6. The van der Waals surface area contributed by atoms with Crippen LogP contribution in [0.1, 0.15) is 35.2 Å². The molecular weight excluding hydrogens is 476 g/mol. The third-order valence-corrected chi connectivity index (χ3v) is 7.96. The van der Waals surface area contributed by atoms with Crippen LogP contribution in [-0.2, 0) is 11.2 Å². The van der Waals surface area contributed by atoms with Crippen molar-refractivity contribution in [2.75, 3.05) is 24.2 Å². The molecule has 0 unspecified atom stereocenters. The van der Waals surface area contributed by atoms with Crippen molar-refractivity contribution in [1.82, 2.24) is 15.1 Å². The molecule has 1 N–H and O–H groups in total. The van der Waals surface area contributed by atoms with Crippen LogP contribution >= 0.6 is 34.7 Å². The number of amides is 2. The van der Waals surface area contributed by atoms with Crippen molar-refractivity contribution >= 4 is 51.6 Å². The Bertz CT molecular complexity index is 1080. The molecule has 33 heavy (non-hydrogen) atoms. The second-order valence-corrected chi connectivity index (χ2v) is 10.6. The molecular formula is C24H25ClN4O2S2. The minimum atomic E-state index is -0.147. The summed E-state index contributed by atoms with van der Waals surface area (Å²) in [5.41, 5.74) is 1.84. The molecule has 9 heteroatoms. The zero-order valence-electron chi connectivity index (χ0n) is 18.1. The Morgan fingerprint density at radius 2 is 1.79 bits per heavy atom.